The predicted octanol–water partition coefficient (Wildman–Crippen LogP) is 0.826. The van der Waals surface area contributed by atoms with E-state index in [1.54, 1.807) is 13.3 Å². The van der Waals surface area contributed by atoms with Crippen molar-refractivity contribution < 1.29 is 5.11 Å². The van der Waals surface area contributed by atoms with Gasteiger partial charge in [-0.3, -0.25) is 0 Å². The van der Waals surface area contributed by atoms with Crippen molar-refractivity contribution in [1.29, 1.82) is 0 Å². The molecule has 0 saturated carbocycles. The van der Waals surface area contributed by atoms with Crippen molar-refractivity contribution in [2.24, 2.45) is 0 Å². The maximum absolute atomic E-state index is 9.15. The number of thioether (sulfide) groups is 1. The Morgan fingerprint density at radius 3 is 3.14 bits per heavy atom. The third kappa shape index (κ3) is 1.85. The summed E-state index contributed by atoms with van der Waals surface area (Å²) in [4.78, 5) is 15.1. The molecule has 0 aliphatic carbocycles. The van der Waals surface area contributed by atoms with Gasteiger partial charge in [0, 0.05) is 5.75 Å². The van der Waals surface area contributed by atoms with E-state index in [1.165, 1.54) is 18.1 Å². The minimum absolute atomic E-state index is 0.340. The molecule has 0 fully saturated rings. The van der Waals surface area contributed by atoms with Crippen molar-refractivity contribution in [1.82, 2.24) is 19.9 Å². The second kappa shape index (κ2) is 3.93. The van der Waals surface area contributed by atoms with Crippen molar-refractivity contribution in [3.63, 3.8) is 0 Å². The third-order valence-corrected chi connectivity index (χ3v) is 2.88. The van der Waals surface area contributed by atoms with E-state index in [1.807, 2.05) is 0 Å². The number of aromatic amines is 1. The van der Waals surface area contributed by atoms with Gasteiger partial charge in [-0.25, -0.2) is 15.0 Å². The van der Waals surface area contributed by atoms with Gasteiger partial charge in [-0.05, 0) is 6.92 Å². The summed E-state index contributed by atoms with van der Waals surface area (Å²) in [6, 6.07) is 0. The van der Waals surface area contributed by atoms with Crippen LogP contribution in [0.4, 0.5) is 0 Å². The highest BCUT2D eigenvalue weighted by Crippen LogP contribution is 2.21. The van der Waals surface area contributed by atoms with Gasteiger partial charge in [0.1, 0.15) is 16.9 Å². The third-order valence-electron chi connectivity index (χ3n) is 1.65. The summed E-state index contributed by atoms with van der Waals surface area (Å²) < 4.78 is 0. The Hall–Kier alpha value is -1.14. The first-order valence-electron chi connectivity index (χ1n) is 4.22. The Balaban J connectivity index is 2.27. The Morgan fingerprint density at radius 2 is 2.36 bits per heavy atom. The predicted molar refractivity (Wildman–Crippen MR) is 54.1 cm³/mol. The first-order valence-corrected chi connectivity index (χ1v) is 5.21. The lowest BCUT2D eigenvalue weighted by molar-refractivity contribution is 0.220. The van der Waals surface area contributed by atoms with E-state index in [0.29, 0.717) is 11.4 Å². The number of nitrogens with one attached hydrogen (secondary N) is 1. The molecule has 2 heterocycles. The molecule has 1 atom stereocenters. The summed E-state index contributed by atoms with van der Waals surface area (Å²) in [5.41, 5.74) is 1.49. The van der Waals surface area contributed by atoms with Gasteiger partial charge in [0.05, 0.1) is 12.4 Å². The molecule has 2 N–H and O–H groups in total. The first kappa shape index (κ1) is 9.42. The highest BCUT2D eigenvalue weighted by atomic mass is 32.2. The van der Waals surface area contributed by atoms with Crippen LogP contribution in [0.5, 0.6) is 0 Å². The van der Waals surface area contributed by atoms with Crippen LogP contribution < -0.4 is 0 Å². The highest BCUT2D eigenvalue weighted by Gasteiger charge is 2.07. The summed E-state index contributed by atoms with van der Waals surface area (Å²) in [6.07, 6.45) is 2.73. The van der Waals surface area contributed by atoms with Crippen LogP contribution >= 0.6 is 11.8 Å². The molecule has 2 rings (SSSR count). The zero-order valence-electron chi connectivity index (χ0n) is 7.64. The second-order valence-corrected chi connectivity index (χ2v) is 3.95. The van der Waals surface area contributed by atoms with Gasteiger partial charge in [-0.1, -0.05) is 0 Å². The number of fused-ring (bicyclic) bond motifs is 1. The molecule has 0 aliphatic rings. The number of aromatic nitrogens is 4. The largest absolute Gasteiger partial charge is 0.393 e. The lowest BCUT2D eigenvalue weighted by atomic mass is 10.5. The van der Waals surface area contributed by atoms with Crippen molar-refractivity contribution in [2.45, 2.75) is 18.1 Å². The minimum atomic E-state index is -0.340. The SMILES string of the molecule is CC(O)CSc1ncnc2nc[nH]c12. The van der Waals surface area contributed by atoms with Gasteiger partial charge in [0.15, 0.2) is 5.65 Å². The van der Waals surface area contributed by atoms with Crippen LogP contribution in [0.3, 0.4) is 0 Å². The monoisotopic (exact) mass is 210 g/mol. The number of imidazole rings is 1. The van der Waals surface area contributed by atoms with Crippen LogP contribution in [0.25, 0.3) is 11.2 Å². The van der Waals surface area contributed by atoms with E-state index in [2.05, 4.69) is 19.9 Å². The summed E-state index contributed by atoms with van der Waals surface area (Å²) in [6.45, 7) is 1.75. The van der Waals surface area contributed by atoms with Crippen LogP contribution in [-0.4, -0.2) is 36.9 Å². The second-order valence-electron chi connectivity index (χ2n) is 2.94. The normalized spacial score (nSPS) is 13.3. The lowest BCUT2D eigenvalue weighted by Crippen LogP contribution is -2.03. The van der Waals surface area contributed by atoms with Gasteiger partial charge >= 0.3 is 0 Å². The molecule has 6 heteroatoms. The summed E-state index contributed by atoms with van der Waals surface area (Å²) in [5.74, 6) is 0.616. The number of hydrogen-bond donors (Lipinski definition) is 2. The molecular weight excluding hydrogens is 200 g/mol. The van der Waals surface area contributed by atoms with E-state index >= 15 is 0 Å². The molecule has 0 aliphatic heterocycles. The highest BCUT2D eigenvalue weighted by molar-refractivity contribution is 7.99. The Bertz CT molecular complexity index is 428. The topological polar surface area (TPSA) is 74.7 Å². The quantitative estimate of drug-likeness (QED) is 0.579. The number of nitrogens with zero attached hydrogens (tertiary/aromatic N) is 3. The molecule has 2 aromatic heterocycles. The molecule has 0 amide bonds. The van der Waals surface area contributed by atoms with Crippen molar-refractivity contribution >= 4 is 22.9 Å². The van der Waals surface area contributed by atoms with Crippen molar-refractivity contribution in [2.75, 3.05) is 5.75 Å². The first-order chi connectivity index (χ1) is 6.77. The van der Waals surface area contributed by atoms with Gasteiger partial charge in [0.25, 0.3) is 0 Å². The number of H-pyrrole nitrogens is 1. The molecule has 0 radical (unpaired) electrons. The van der Waals surface area contributed by atoms with Gasteiger partial charge in [-0.15, -0.1) is 11.8 Å². The molecule has 74 valence electrons. The van der Waals surface area contributed by atoms with Gasteiger partial charge in [0.2, 0.25) is 0 Å². The number of aliphatic hydroxyl groups excluding tert-OH is 1. The van der Waals surface area contributed by atoms with Gasteiger partial charge in [-0.2, -0.15) is 0 Å². The number of aliphatic hydroxyl groups is 1. The summed E-state index contributed by atoms with van der Waals surface area (Å²) >= 11 is 1.49. The fourth-order valence-electron chi connectivity index (χ4n) is 1.05. The van der Waals surface area contributed by atoms with Crippen molar-refractivity contribution in [3.8, 4) is 0 Å². The summed E-state index contributed by atoms with van der Waals surface area (Å²) in [5, 5.41) is 9.97. The summed E-state index contributed by atoms with van der Waals surface area (Å²) in [7, 11) is 0. The molecule has 1 unspecified atom stereocenters. The Morgan fingerprint density at radius 1 is 1.50 bits per heavy atom. The standard InChI is InChI=1S/C8H10N4OS/c1-5(13)2-14-8-6-7(10-3-9-6)11-4-12-8/h3-5,13H,2H2,1H3,(H,9,10,11,12). The van der Waals surface area contributed by atoms with Crippen LogP contribution in [0.1, 0.15) is 6.92 Å². The number of hydrogen-bond acceptors (Lipinski definition) is 5. The molecule has 5 nitrogen and oxygen atoms in total. The zero-order chi connectivity index (χ0) is 9.97. The molecule has 0 bridgehead atoms. The van der Waals surface area contributed by atoms with Crippen LogP contribution in [0.2, 0.25) is 0 Å². The zero-order valence-corrected chi connectivity index (χ0v) is 8.45. The van der Waals surface area contributed by atoms with Crippen LogP contribution in [-0.2, 0) is 0 Å². The van der Waals surface area contributed by atoms with E-state index in [9.17, 15) is 0 Å². The molecule has 14 heavy (non-hydrogen) atoms. The van der Waals surface area contributed by atoms with E-state index in [4.69, 9.17) is 5.11 Å². The molecule has 0 aromatic carbocycles. The average molecular weight is 210 g/mol. The van der Waals surface area contributed by atoms with E-state index in [-0.39, 0.29) is 6.10 Å². The molecular formula is C8H10N4OS. The van der Waals surface area contributed by atoms with E-state index in [0.717, 1.165) is 10.5 Å². The Kier molecular flexibility index (Phi) is 2.64. The minimum Gasteiger partial charge on any atom is -0.393 e. The lowest BCUT2D eigenvalue weighted by Gasteiger charge is -2.02. The van der Waals surface area contributed by atoms with Gasteiger partial charge < -0.3 is 10.1 Å². The maximum Gasteiger partial charge on any atom is 0.181 e. The number of rotatable bonds is 3. The maximum atomic E-state index is 9.15. The molecule has 0 spiro atoms. The van der Waals surface area contributed by atoms with E-state index < -0.39 is 0 Å². The molecule has 0 saturated heterocycles. The fourth-order valence-corrected chi connectivity index (χ4v) is 1.87. The Labute approximate surface area is 85.0 Å². The van der Waals surface area contributed by atoms with Crippen molar-refractivity contribution in [3.05, 3.63) is 12.7 Å². The van der Waals surface area contributed by atoms with Crippen LogP contribution in [0, 0.1) is 0 Å². The smallest absolute Gasteiger partial charge is 0.181 e. The fraction of sp³-hybridized carbons (Fsp3) is 0.375. The average Bonchev–Trinajstić information content (AvgIpc) is 2.62. The van der Waals surface area contributed by atoms with Crippen LogP contribution in [0.15, 0.2) is 17.7 Å². The molecule has 2 aromatic rings.